The van der Waals surface area contributed by atoms with Gasteiger partial charge >= 0.3 is 6.09 Å². The van der Waals surface area contributed by atoms with Crippen molar-refractivity contribution in [1.29, 1.82) is 0 Å². The molecule has 3 unspecified atom stereocenters. The van der Waals surface area contributed by atoms with Crippen LogP contribution in [0.1, 0.15) is 88.2 Å². The van der Waals surface area contributed by atoms with E-state index in [1.807, 2.05) is 32.2 Å². The summed E-state index contributed by atoms with van der Waals surface area (Å²) in [6.07, 6.45) is 12.2. The summed E-state index contributed by atoms with van der Waals surface area (Å²) >= 11 is 0. The van der Waals surface area contributed by atoms with Gasteiger partial charge in [0.05, 0.1) is 25.0 Å². The smallest absolute Gasteiger partial charge is 0.407 e. The molecule has 3 N–H and O–H groups in total. The summed E-state index contributed by atoms with van der Waals surface area (Å²) in [5, 5.41) is 5.80. The molecule has 3 amide bonds. The Balaban J connectivity index is 1.03. The number of nitrogens with zero attached hydrogens (tertiary/aromatic N) is 3. The Hall–Kier alpha value is -4.96. The van der Waals surface area contributed by atoms with E-state index in [1.54, 1.807) is 4.90 Å². The standard InChI is InChI=1S/C45H54N6O4/c1-28(2)40(49-44(54)55-4)43(53)51-23-9-13-39(51)42(52)47-32-11-7-10-31(24-32)34-19-18-33(35-25-45(26-36(34)35)20-5-6-21-45)29-14-16-30(17-15-29)37-27-46-41(48-37)38-12-8-22-50(38)3/h7,10-11,14-19,24,27-28,38-40H,5-6,8-9,12-13,20-23,25-26H2,1-4H3,(H,46,48)(H,47,52)(H,49,54). The number of likely N-dealkylation sites (tertiary alicyclic amines) is 2. The van der Waals surface area contributed by atoms with Crippen molar-refractivity contribution >= 4 is 23.6 Å². The van der Waals surface area contributed by atoms with Crippen LogP contribution in [0.3, 0.4) is 0 Å². The van der Waals surface area contributed by atoms with Gasteiger partial charge in [-0.1, -0.05) is 75.2 Å². The molecule has 3 heterocycles. The van der Waals surface area contributed by atoms with E-state index in [-0.39, 0.29) is 17.7 Å². The van der Waals surface area contributed by atoms with Crippen molar-refractivity contribution in [2.45, 2.75) is 96.2 Å². The molecule has 55 heavy (non-hydrogen) atoms. The Bertz CT molecular complexity index is 2070. The maximum atomic E-state index is 13.8. The van der Waals surface area contributed by atoms with Gasteiger partial charge in [-0.25, -0.2) is 9.78 Å². The summed E-state index contributed by atoms with van der Waals surface area (Å²) in [6.45, 7) is 5.32. The molecule has 3 aromatic carbocycles. The third kappa shape index (κ3) is 7.29. The van der Waals surface area contributed by atoms with Crippen LogP contribution in [-0.2, 0) is 27.2 Å². The number of alkyl carbamates (subject to hydrolysis) is 1. The number of methoxy groups -OCH3 is 1. The van der Waals surface area contributed by atoms with Crippen LogP contribution < -0.4 is 10.6 Å². The number of aromatic amines is 1. The lowest BCUT2D eigenvalue weighted by Gasteiger charge is -2.30. The maximum absolute atomic E-state index is 13.8. The molecule has 0 radical (unpaired) electrons. The molecule has 10 nitrogen and oxygen atoms in total. The number of ether oxygens (including phenoxy) is 1. The highest BCUT2D eigenvalue weighted by atomic mass is 16.5. The fourth-order valence-electron chi connectivity index (χ4n) is 9.84. The number of carbonyl (C=O) groups is 3. The van der Waals surface area contributed by atoms with E-state index < -0.39 is 18.2 Å². The molecule has 4 aliphatic rings. The molecule has 1 saturated carbocycles. The minimum atomic E-state index is -0.774. The van der Waals surface area contributed by atoms with Gasteiger partial charge in [0.25, 0.3) is 0 Å². The molecule has 2 aliphatic heterocycles. The lowest BCUT2D eigenvalue weighted by Crippen LogP contribution is -2.54. The fraction of sp³-hybridized carbons (Fsp3) is 0.467. The van der Waals surface area contributed by atoms with E-state index in [9.17, 15) is 14.4 Å². The topological polar surface area (TPSA) is 120 Å². The summed E-state index contributed by atoms with van der Waals surface area (Å²) in [5.74, 6) is 0.413. The highest BCUT2D eigenvalue weighted by molar-refractivity contribution is 5.99. The molecule has 3 fully saturated rings. The third-order valence-corrected chi connectivity index (χ3v) is 12.8. The summed E-state index contributed by atoms with van der Waals surface area (Å²) < 4.78 is 4.76. The van der Waals surface area contributed by atoms with Gasteiger partial charge in [0.2, 0.25) is 11.8 Å². The SMILES string of the molecule is COC(=O)NC(C(=O)N1CCCC1C(=O)Nc1cccc(-c2ccc(-c3ccc(-c4cnc(C5CCCN5C)[nH]4)cc3)c3c2CC2(CCCC2)C3)c1)C(C)C. The fourth-order valence-corrected chi connectivity index (χ4v) is 9.84. The van der Waals surface area contributed by atoms with E-state index in [0.717, 1.165) is 54.9 Å². The van der Waals surface area contributed by atoms with E-state index in [4.69, 9.17) is 9.72 Å². The number of nitrogens with one attached hydrogen (secondary N) is 3. The number of benzene rings is 3. The molecule has 8 rings (SSSR count). The molecular weight excluding hydrogens is 689 g/mol. The number of hydrogen-bond donors (Lipinski definition) is 3. The van der Waals surface area contributed by atoms with Crippen LogP contribution in [0.25, 0.3) is 33.5 Å². The predicted octanol–water partition coefficient (Wildman–Crippen LogP) is 8.15. The first-order valence-electron chi connectivity index (χ1n) is 20.2. The molecule has 3 atom stereocenters. The number of aromatic nitrogens is 2. The average molecular weight is 743 g/mol. The first kappa shape index (κ1) is 37.0. The molecule has 288 valence electrons. The molecule has 2 saturated heterocycles. The van der Waals surface area contributed by atoms with Crippen molar-refractivity contribution in [3.8, 4) is 33.5 Å². The first-order chi connectivity index (χ1) is 26.6. The van der Waals surface area contributed by atoms with Crippen LogP contribution in [0.4, 0.5) is 10.5 Å². The Morgan fingerprint density at radius 1 is 0.873 bits per heavy atom. The van der Waals surface area contributed by atoms with Gasteiger partial charge in [0.1, 0.15) is 17.9 Å². The number of carbonyl (C=O) groups excluding carboxylic acids is 3. The number of anilines is 1. The van der Waals surface area contributed by atoms with Crippen molar-refractivity contribution in [3.05, 3.63) is 83.8 Å². The van der Waals surface area contributed by atoms with Gasteiger partial charge in [0, 0.05) is 12.2 Å². The maximum Gasteiger partial charge on any atom is 0.407 e. The van der Waals surface area contributed by atoms with Gasteiger partial charge in [-0.2, -0.15) is 0 Å². The summed E-state index contributed by atoms with van der Waals surface area (Å²) in [4.78, 5) is 51.7. The predicted molar refractivity (Wildman–Crippen MR) is 215 cm³/mol. The second-order valence-corrected chi connectivity index (χ2v) is 16.7. The van der Waals surface area contributed by atoms with Crippen LogP contribution in [-0.4, -0.2) is 77.0 Å². The highest BCUT2D eigenvalue weighted by Crippen LogP contribution is 2.53. The van der Waals surface area contributed by atoms with E-state index >= 15 is 0 Å². The lowest BCUT2D eigenvalue weighted by molar-refractivity contribution is -0.139. The third-order valence-electron chi connectivity index (χ3n) is 12.8. The van der Waals surface area contributed by atoms with Crippen molar-refractivity contribution in [2.75, 3.05) is 32.6 Å². The van der Waals surface area contributed by atoms with Crippen LogP contribution >= 0.6 is 0 Å². The Morgan fingerprint density at radius 2 is 1.56 bits per heavy atom. The van der Waals surface area contributed by atoms with E-state index in [0.29, 0.717) is 30.1 Å². The van der Waals surface area contributed by atoms with Gasteiger partial charge in [0.15, 0.2) is 0 Å². The second kappa shape index (κ2) is 15.3. The molecule has 1 spiro atoms. The van der Waals surface area contributed by atoms with Gasteiger partial charge in [-0.15, -0.1) is 0 Å². The normalized spacial score (nSPS) is 20.9. The first-order valence-corrected chi connectivity index (χ1v) is 20.2. The van der Waals surface area contributed by atoms with E-state index in [1.165, 1.54) is 67.0 Å². The van der Waals surface area contributed by atoms with Crippen molar-refractivity contribution < 1.29 is 19.1 Å². The Kier molecular flexibility index (Phi) is 10.3. The van der Waals surface area contributed by atoms with Crippen LogP contribution in [0.5, 0.6) is 0 Å². The Morgan fingerprint density at radius 3 is 2.24 bits per heavy atom. The zero-order valence-electron chi connectivity index (χ0n) is 32.6. The van der Waals surface area contributed by atoms with Crippen molar-refractivity contribution in [3.63, 3.8) is 0 Å². The summed E-state index contributed by atoms with van der Waals surface area (Å²) in [6, 6.07) is 20.6. The molecule has 10 heteroatoms. The van der Waals surface area contributed by atoms with Crippen molar-refractivity contribution in [2.24, 2.45) is 11.3 Å². The van der Waals surface area contributed by atoms with Crippen LogP contribution in [0, 0.1) is 11.3 Å². The number of rotatable bonds is 9. The average Bonchev–Trinajstić information content (AvgIpc) is 4.04. The van der Waals surface area contributed by atoms with Gasteiger partial charge in [-0.3, -0.25) is 14.5 Å². The summed E-state index contributed by atoms with van der Waals surface area (Å²) in [5.41, 5.74) is 10.9. The monoisotopic (exact) mass is 742 g/mol. The van der Waals surface area contributed by atoms with Crippen molar-refractivity contribution in [1.82, 2.24) is 25.1 Å². The number of fused-ring (bicyclic) bond motifs is 1. The van der Waals surface area contributed by atoms with Gasteiger partial charge < -0.3 is 25.3 Å². The number of imidazole rings is 1. The minimum Gasteiger partial charge on any atom is -0.453 e. The van der Waals surface area contributed by atoms with E-state index in [2.05, 4.69) is 76.1 Å². The molecule has 4 aromatic rings. The van der Waals surface area contributed by atoms with Gasteiger partial charge in [-0.05, 0) is 127 Å². The zero-order chi connectivity index (χ0) is 38.3. The van der Waals surface area contributed by atoms with Crippen LogP contribution in [0.15, 0.2) is 66.9 Å². The molecular formula is C45H54N6O4. The largest absolute Gasteiger partial charge is 0.453 e. The minimum absolute atomic E-state index is 0.164. The lowest BCUT2D eigenvalue weighted by atomic mass is 9.82. The number of amides is 3. The zero-order valence-corrected chi connectivity index (χ0v) is 32.6. The number of H-pyrrole nitrogens is 1. The molecule has 0 bridgehead atoms. The molecule has 2 aliphatic carbocycles. The number of hydrogen-bond acceptors (Lipinski definition) is 6. The molecule has 1 aromatic heterocycles. The second-order valence-electron chi connectivity index (χ2n) is 16.7. The Labute approximate surface area is 324 Å². The quantitative estimate of drug-likeness (QED) is 0.159. The highest BCUT2D eigenvalue weighted by Gasteiger charge is 2.42. The van der Waals surface area contributed by atoms with Crippen LogP contribution in [0.2, 0.25) is 0 Å². The summed E-state index contributed by atoms with van der Waals surface area (Å²) in [7, 11) is 3.45.